The number of amides is 1. The summed E-state index contributed by atoms with van der Waals surface area (Å²) in [6.07, 6.45) is 0. The zero-order valence-electron chi connectivity index (χ0n) is 14.9. The fourth-order valence-corrected chi connectivity index (χ4v) is 6.09. The van der Waals surface area contributed by atoms with Gasteiger partial charge in [-0.05, 0) is 31.0 Å². The largest absolute Gasteiger partial charge is 0.348 e. The number of hydrogen-bond donors (Lipinski definition) is 0. The summed E-state index contributed by atoms with van der Waals surface area (Å²) in [6, 6.07) is 5.71. The first-order valence-corrected chi connectivity index (χ1v) is 11.0. The summed E-state index contributed by atoms with van der Waals surface area (Å²) in [4.78, 5) is 20.2. The Balaban J connectivity index is 1.94. The third-order valence-corrected chi connectivity index (χ3v) is 7.21. The van der Waals surface area contributed by atoms with Crippen molar-refractivity contribution in [1.29, 1.82) is 0 Å². The number of aryl methyl sites for hydroxylation is 2. The highest BCUT2D eigenvalue weighted by atomic mass is 32.2. The number of rotatable bonds is 3. The Kier molecular flexibility index (Phi) is 4.85. The molecule has 1 aromatic rings. The van der Waals surface area contributed by atoms with E-state index < -0.39 is 9.84 Å². The lowest BCUT2D eigenvalue weighted by Gasteiger charge is -2.28. The van der Waals surface area contributed by atoms with Gasteiger partial charge in [0.1, 0.15) is 0 Å². The van der Waals surface area contributed by atoms with E-state index in [0.29, 0.717) is 5.75 Å². The quantitative estimate of drug-likeness (QED) is 0.793. The first kappa shape index (κ1) is 18.3. The van der Waals surface area contributed by atoms with E-state index in [1.807, 2.05) is 30.9 Å². The second-order valence-electron chi connectivity index (χ2n) is 6.86. The van der Waals surface area contributed by atoms with Crippen molar-refractivity contribution in [3.63, 3.8) is 0 Å². The molecule has 2 aliphatic heterocycles. The number of amidine groups is 1. The van der Waals surface area contributed by atoms with Crippen LogP contribution in [0, 0.1) is 13.8 Å². The van der Waals surface area contributed by atoms with Crippen LogP contribution in [0.1, 0.15) is 11.1 Å². The standard InChI is InChI=1S/C17H23N3O3S2/c1-11-5-6-12(2)14(7-11)20-15-10-25(22,23)9-13(15)18-17(20)24-8-16(21)19(3)4/h5-7,13,15H,8-10H2,1-4H3/t13-,15-/m1/s1. The molecule has 25 heavy (non-hydrogen) atoms. The molecule has 2 heterocycles. The van der Waals surface area contributed by atoms with Crippen LogP contribution in [0.2, 0.25) is 0 Å². The maximum atomic E-state index is 12.1. The minimum absolute atomic E-state index is 0.0123. The van der Waals surface area contributed by atoms with Crippen LogP contribution in [0.4, 0.5) is 5.69 Å². The number of hydrogen-bond acceptors (Lipinski definition) is 6. The summed E-state index contributed by atoms with van der Waals surface area (Å²) in [6.45, 7) is 4.03. The third-order valence-electron chi connectivity index (χ3n) is 4.56. The van der Waals surface area contributed by atoms with Crippen LogP contribution >= 0.6 is 11.8 Å². The molecular weight excluding hydrogens is 358 g/mol. The molecule has 136 valence electrons. The van der Waals surface area contributed by atoms with Gasteiger partial charge in [-0.2, -0.15) is 0 Å². The molecule has 3 rings (SSSR count). The van der Waals surface area contributed by atoms with Crippen LogP contribution in [0.3, 0.4) is 0 Å². The Morgan fingerprint density at radius 2 is 2.04 bits per heavy atom. The summed E-state index contributed by atoms with van der Waals surface area (Å²) in [5, 5.41) is 0.744. The molecule has 2 atom stereocenters. The summed E-state index contributed by atoms with van der Waals surface area (Å²) in [7, 11) is 0.380. The fraction of sp³-hybridized carbons (Fsp3) is 0.529. The van der Waals surface area contributed by atoms with Gasteiger partial charge in [0.15, 0.2) is 15.0 Å². The van der Waals surface area contributed by atoms with Gasteiger partial charge in [0.05, 0.1) is 29.3 Å². The average Bonchev–Trinajstić information content (AvgIpc) is 2.98. The van der Waals surface area contributed by atoms with E-state index in [2.05, 4.69) is 11.1 Å². The van der Waals surface area contributed by atoms with Gasteiger partial charge < -0.3 is 9.80 Å². The van der Waals surface area contributed by atoms with E-state index in [4.69, 9.17) is 0 Å². The van der Waals surface area contributed by atoms with Gasteiger partial charge in [0.25, 0.3) is 0 Å². The molecule has 0 N–H and O–H groups in total. The van der Waals surface area contributed by atoms with Crippen molar-refractivity contribution in [2.24, 2.45) is 4.99 Å². The van der Waals surface area contributed by atoms with Crippen molar-refractivity contribution < 1.29 is 13.2 Å². The van der Waals surface area contributed by atoms with Gasteiger partial charge >= 0.3 is 0 Å². The first-order valence-electron chi connectivity index (χ1n) is 8.15. The minimum Gasteiger partial charge on any atom is -0.348 e. The lowest BCUT2D eigenvalue weighted by Crippen LogP contribution is -2.40. The lowest BCUT2D eigenvalue weighted by atomic mass is 10.1. The van der Waals surface area contributed by atoms with Crippen molar-refractivity contribution in [2.75, 3.05) is 36.3 Å². The minimum atomic E-state index is -3.07. The SMILES string of the molecule is Cc1ccc(C)c(N2C(SCC(=O)N(C)C)=N[C@@H]3CS(=O)(=O)C[C@H]32)c1. The lowest BCUT2D eigenvalue weighted by molar-refractivity contribution is -0.125. The van der Waals surface area contributed by atoms with Crippen LogP contribution in [-0.4, -0.2) is 67.8 Å². The Hall–Kier alpha value is -1.54. The molecule has 0 aliphatic carbocycles. The fourth-order valence-electron chi connectivity index (χ4n) is 3.15. The molecule has 1 aromatic carbocycles. The van der Waals surface area contributed by atoms with Crippen LogP contribution in [0.25, 0.3) is 0 Å². The molecule has 0 aromatic heterocycles. The molecule has 0 spiro atoms. The number of carbonyl (C=O) groups is 1. The van der Waals surface area contributed by atoms with E-state index in [0.717, 1.165) is 22.0 Å². The van der Waals surface area contributed by atoms with Crippen molar-refractivity contribution in [2.45, 2.75) is 25.9 Å². The van der Waals surface area contributed by atoms with Gasteiger partial charge in [-0.25, -0.2) is 8.42 Å². The normalized spacial score (nSPS) is 24.2. The predicted molar refractivity (Wildman–Crippen MR) is 103 cm³/mol. The summed E-state index contributed by atoms with van der Waals surface area (Å²) < 4.78 is 24.1. The van der Waals surface area contributed by atoms with Crippen LogP contribution in [-0.2, 0) is 14.6 Å². The zero-order chi connectivity index (χ0) is 18.4. The Labute approximate surface area is 153 Å². The number of nitrogens with zero attached hydrogens (tertiary/aromatic N) is 3. The molecule has 0 bridgehead atoms. The molecule has 0 saturated carbocycles. The second kappa shape index (κ2) is 6.64. The second-order valence-corrected chi connectivity index (χ2v) is 9.96. The number of sulfone groups is 1. The van der Waals surface area contributed by atoms with Crippen molar-refractivity contribution in [1.82, 2.24) is 4.90 Å². The van der Waals surface area contributed by atoms with E-state index in [9.17, 15) is 13.2 Å². The topological polar surface area (TPSA) is 70.1 Å². The van der Waals surface area contributed by atoms with Gasteiger partial charge in [0.2, 0.25) is 5.91 Å². The third kappa shape index (κ3) is 3.69. The van der Waals surface area contributed by atoms with Crippen molar-refractivity contribution >= 4 is 38.4 Å². The molecule has 0 unspecified atom stereocenters. The maximum Gasteiger partial charge on any atom is 0.232 e. The molecule has 1 saturated heterocycles. The first-order chi connectivity index (χ1) is 11.7. The monoisotopic (exact) mass is 381 g/mol. The number of anilines is 1. The maximum absolute atomic E-state index is 12.1. The van der Waals surface area contributed by atoms with Crippen molar-refractivity contribution in [3.05, 3.63) is 29.3 Å². The van der Waals surface area contributed by atoms with Gasteiger partial charge in [-0.15, -0.1) is 0 Å². The van der Waals surface area contributed by atoms with Crippen LogP contribution in [0.5, 0.6) is 0 Å². The zero-order valence-corrected chi connectivity index (χ0v) is 16.5. The summed E-state index contributed by atoms with van der Waals surface area (Å²) in [5.41, 5.74) is 3.16. The smallest absolute Gasteiger partial charge is 0.232 e. The molecule has 2 aliphatic rings. The van der Waals surface area contributed by atoms with Gasteiger partial charge in [-0.1, -0.05) is 23.9 Å². The Bertz CT molecular complexity index is 834. The van der Waals surface area contributed by atoms with Gasteiger partial charge in [-0.3, -0.25) is 9.79 Å². The molecule has 0 radical (unpaired) electrons. The molecule has 6 nitrogen and oxygen atoms in total. The highest BCUT2D eigenvalue weighted by Crippen LogP contribution is 2.36. The van der Waals surface area contributed by atoms with Gasteiger partial charge in [0, 0.05) is 19.8 Å². The number of carbonyl (C=O) groups excluding carboxylic acids is 1. The van der Waals surface area contributed by atoms with E-state index in [1.165, 1.54) is 11.8 Å². The molecule has 8 heteroatoms. The van der Waals surface area contributed by atoms with E-state index >= 15 is 0 Å². The van der Waals surface area contributed by atoms with Crippen LogP contribution in [0.15, 0.2) is 23.2 Å². The Morgan fingerprint density at radius 1 is 1.32 bits per heavy atom. The number of aliphatic imine (C=N–C) groups is 1. The number of fused-ring (bicyclic) bond motifs is 1. The highest BCUT2D eigenvalue weighted by molar-refractivity contribution is 8.14. The van der Waals surface area contributed by atoms with Crippen molar-refractivity contribution in [3.8, 4) is 0 Å². The van der Waals surface area contributed by atoms with E-state index in [1.54, 1.807) is 19.0 Å². The Morgan fingerprint density at radius 3 is 2.72 bits per heavy atom. The number of benzene rings is 1. The average molecular weight is 382 g/mol. The predicted octanol–water partition coefficient (Wildman–Crippen LogP) is 1.47. The highest BCUT2D eigenvalue weighted by Gasteiger charge is 2.47. The summed E-state index contributed by atoms with van der Waals surface area (Å²) >= 11 is 1.38. The summed E-state index contributed by atoms with van der Waals surface area (Å²) in [5.74, 6) is 0.503. The molecule has 1 fully saturated rings. The molecule has 1 amide bonds. The van der Waals surface area contributed by atoms with E-state index in [-0.39, 0.29) is 29.5 Å². The molecular formula is C17H23N3O3S2. The van der Waals surface area contributed by atoms with Crippen LogP contribution < -0.4 is 4.90 Å². The number of thioether (sulfide) groups is 1.